The highest BCUT2D eigenvalue weighted by molar-refractivity contribution is 6.05. The van der Waals surface area contributed by atoms with Crippen molar-refractivity contribution in [3.8, 4) is 5.69 Å². The number of nitrogens with one attached hydrogen (secondary N) is 1. The van der Waals surface area contributed by atoms with E-state index in [9.17, 15) is 9.18 Å². The maximum Gasteiger partial charge on any atom is 0.255 e. The van der Waals surface area contributed by atoms with Crippen LogP contribution in [0.5, 0.6) is 0 Å². The minimum Gasteiger partial charge on any atom is -0.320 e. The van der Waals surface area contributed by atoms with Gasteiger partial charge in [0.25, 0.3) is 5.91 Å². The fourth-order valence-electron chi connectivity index (χ4n) is 1.94. The van der Waals surface area contributed by atoms with E-state index in [1.165, 1.54) is 12.3 Å². The molecule has 0 radical (unpaired) electrons. The molecule has 2 aromatic heterocycles. The highest BCUT2D eigenvalue weighted by atomic mass is 19.1. The summed E-state index contributed by atoms with van der Waals surface area (Å²) >= 11 is 0. The van der Waals surface area contributed by atoms with Gasteiger partial charge in [-0.2, -0.15) is 4.39 Å². The maximum absolute atomic E-state index is 13.1. The van der Waals surface area contributed by atoms with Gasteiger partial charge in [-0.1, -0.05) is 12.1 Å². The molecule has 0 spiro atoms. The lowest BCUT2D eigenvalue weighted by molar-refractivity contribution is 0.102. The number of carbonyl (C=O) groups is 1. The number of imidazole rings is 1. The van der Waals surface area contributed by atoms with Gasteiger partial charge in [0.15, 0.2) is 0 Å². The monoisotopic (exact) mass is 282 g/mol. The van der Waals surface area contributed by atoms with Gasteiger partial charge >= 0.3 is 0 Å². The van der Waals surface area contributed by atoms with Crippen molar-refractivity contribution in [2.45, 2.75) is 0 Å². The van der Waals surface area contributed by atoms with E-state index in [2.05, 4.69) is 15.3 Å². The van der Waals surface area contributed by atoms with E-state index in [4.69, 9.17) is 0 Å². The molecule has 2 heterocycles. The molecule has 0 atom stereocenters. The molecule has 3 rings (SSSR count). The molecule has 0 unspecified atom stereocenters. The third kappa shape index (κ3) is 2.79. The number of carbonyl (C=O) groups excluding carboxylic acids is 1. The molecule has 0 aliphatic rings. The van der Waals surface area contributed by atoms with Crippen molar-refractivity contribution < 1.29 is 9.18 Å². The van der Waals surface area contributed by atoms with E-state index >= 15 is 0 Å². The first-order valence-electron chi connectivity index (χ1n) is 6.24. The minimum absolute atomic E-state index is 0.211. The number of pyridine rings is 1. The predicted molar refractivity (Wildman–Crippen MR) is 75.7 cm³/mol. The first kappa shape index (κ1) is 13.0. The second-order valence-corrected chi connectivity index (χ2v) is 4.31. The molecule has 0 aliphatic heterocycles. The third-order valence-electron chi connectivity index (χ3n) is 2.92. The van der Waals surface area contributed by atoms with Crippen LogP contribution >= 0.6 is 0 Å². The zero-order valence-corrected chi connectivity index (χ0v) is 10.9. The Labute approximate surface area is 120 Å². The Kier molecular flexibility index (Phi) is 3.42. The Morgan fingerprint density at radius 2 is 2.05 bits per heavy atom. The largest absolute Gasteiger partial charge is 0.320 e. The van der Waals surface area contributed by atoms with Crippen LogP contribution in [-0.2, 0) is 0 Å². The van der Waals surface area contributed by atoms with Gasteiger partial charge in [-0.3, -0.25) is 4.79 Å². The highest BCUT2D eigenvalue weighted by Crippen LogP contribution is 2.20. The Bertz CT molecular complexity index is 771. The van der Waals surface area contributed by atoms with Crippen LogP contribution in [0.15, 0.2) is 61.3 Å². The first-order chi connectivity index (χ1) is 10.2. The van der Waals surface area contributed by atoms with Gasteiger partial charge in [-0.25, -0.2) is 9.97 Å². The summed E-state index contributed by atoms with van der Waals surface area (Å²) in [4.78, 5) is 19.6. The van der Waals surface area contributed by atoms with Crippen LogP contribution in [0.25, 0.3) is 5.69 Å². The molecule has 21 heavy (non-hydrogen) atoms. The molecule has 6 heteroatoms. The molecular formula is C15H11FN4O. The quantitative estimate of drug-likeness (QED) is 0.751. The van der Waals surface area contributed by atoms with Crippen molar-refractivity contribution in [2.75, 3.05) is 5.32 Å². The molecule has 0 aliphatic carbocycles. The fraction of sp³-hybridized carbons (Fsp3) is 0. The van der Waals surface area contributed by atoms with Gasteiger partial charge in [-0.15, -0.1) is 0 Å². The zero-order valence-electron chi connectivity index (χ0n) is 10.9. The molecule has 1 N–H and O–H groups in total. The van der Waals surface area contributed by atoms with Gasteiger partial charge in [0.05, 0.1) is 17.7 Å². The number of para-hydroxylation sites is 2. The number of benzene rings is 1. The lowest BCUT2D eigenvalue weighted by Gasteiger charge is -2.11. The molecule has 0 fully saturated rings. The van der Waals surface area contributed by atoms with Crippen LogP contribution < -0.4 is 5.32 Å². The molecule has 0 saturated heterocycles. The standard InChI is InChI=1S/C15H11FN4O/c16-14-9-11(5-6-18-14)15(21)19-12-3-1-2-4-13(12)20-8-7-17-10-20/h1-10H,(H,19,21). The summed E-state index contributed by atoms with van der Waals surface area (Å²) in [5.41, 5.74) is 1.60. The normalized spacial score (nSPS) is 10.3. The van der Waals surface area contributed by atoms with Gasteiger partial charge < -0.3 is 9.88 Å². The van der Waals surface area contributed by atoms with Crippen molar-refractivity contribution in [2.24, 2.45) is 0 Å². The maximum atomic E-state index is 13.1. The van der Waals surface area contributed by atoms with Crippen LogP contribution in [0.1, 0.15) is 10.4 Å². The number of nitrogens with zero attached hydrogens (tertiary/aromatic N) is 3. The van der Waals surface area contributed by atoms with Crippen molar-refractivity contribution in [3.05, 3.63) is 72.8 Å². The SMILES string of the molecule is O=C(Nc1ccccc1-n1ccnc1)c1ccnc(F)c1. The summed E-state index contributed by atoms with van der Waals surface area (Å²) in [6.45, 7) is 0. The number of halogens is 1. The van der Waals surface area contributed by atoms with Gasteiger partial charge in [0.2, 0.25) is 5.95 Å². The molecule has 5 nitrogen and oxygen atoms in total. The summed E-state index contributed by atoms with van der Waals surface area (Å²) in [5.74, 6) is -1.09. The van der Waals surface area contributed by atoms with Crippen LogP contribution in [0.4, 0.5) is 10.1 Å². The van der Waals surface area contributed by atoms with Crippen LogP contribution in [0.2, 0.25) is 0 Å². The molecular weight excluding hydrogens is 271 g/mol. The molecule has 0 bridgehead atoms. The fourth-order valence-corrected chi connectivity index (χ4v) is 1.94. The van der Waals surface area contributed by atoms with Gasteiger partial charge in [0, 0.05) is 30.2 Å². The van der Waals surface area contributed by atoms with Gasteiger partial charge in [0.1, 0.15) is 0 Å². The summed E-state index contributed by atoms with van der Waals surface area (Å²) in [5, 5.41) is 2.76. The van der Waals surface area contributed by atoms with E-state index < -0.39 is 11.9 Å². The van der Waals surface area contributed by atoms with E-state index in [1.54, 1.807) is 29.4 Å². The van der Waals surface area contributed by atoms with Crippen molar-refractivity contribution in [1.82, 2.24) is 14.5 Å². The topological polar surface area (TPSA) is 59.8 Å². The first-order valence-corrected chi connectivity index (χ1v) is 6.24. The second-order valence-electron chi connectivity index (χ2n) is 4.31. The number of amides is 1. The second kappa shape index (κ2) is 5.54. The third-order valence-corrected chi connectivity index (χ3v) is 2.92. The van der Waals surface area contributed by atoms with Crippen molar-refractivity contribution >= 4 is 11.6 Å². The number of aromatic nitrogens is 3. The van der Waals surface area contributed by atoms with Crippen LogP contribution in [0.3, 0.4) is 0 Å². The van der Waals surface area contributed by atoms with Crippen LogP contribution in [-0.4, -0.2) is 20.4 Å². The lowest BCUT2D eigenvalue weighted by Crippen LogP contribution is -2.14. The number of hydrogen-bond acceptors (Lipinski definition) is 3. The summed E-state index contributed by atoms with van der Waals surface area (Å²) in [6, 6.07) is 9.84. The number of rotatable bonds is 3. The van der Waals surface area contributed by atoms with E-state index in [0.717, 1.165) is 11.8 Å². The molecule has 104 valence electrons. The Hall–Kier alpha value is -3.02. The van der Waals surface area contributed by atoms with Gasteiger partial charge in [-0.05, 0) is 18.2 Å². The number of hydrogen-bond donors (Lipinski definition) is 1. The van der Waals surface area contributed by atoms with E-state index in [-0.39, 0.29) is 5.56 Å². The Morgan fingerprint density at radius 1 is 1.19 bits per heavy atom. The average molecular weight is 282 g/mol. The molecule has 0 saturated carbocycles. The molecule has 1 aromatic carbocycles. The van der Waals surface area contributed by atoms with E-state index in [1.807, 2.05) is 18.2 Å². The predicted octanol–water partition coefficient (Wildman–Crippen LogP) is 2.66. The smallest absolute Gasteiger partial charge is 0.255 e. The highest BCUT2D eigenvalue weighted by Gasteiger charge is 2.10. The summed E-state index contributed by atoms with van der Waals surface area (Å²) in [6.07, 6.45) is 6.32. The van der Waals surface area contributed by atoms with E-state index in [0.29, 0.717) is 5.69 Å². The zero-order chi connectivity index (χ0) is 14.7. The molecule has 3 aromatic rings. The lowest BCUT2D eigenvalue weighted by atomic mass is 10.2. The minimum atomic E-state index is -0.689. The Morgan fingerprint density at radius 3 is 2.81 bits per heavy atom. The van der Waals surface area contributed by atoms with Crippen molar-refractivity contribution in [1.29, 1.82) is 0 Å². The summed E-state index contributed by atoms with van der Waals surface area (Å²) < 4.78 is 14.8. The summed E-state index contributed by atoms with van der Waals surface area (Å²) in [7, 11) is 0. The van der Waals surface area contributed by atoms with Crippen LogP contribution in [0, 0.1) is 5.95 Å². The average Bonchev–Trinajstić information content (AvgIpc) is 3.02. The Balaban J connectivity index is 1.90. The van der Waals surface area contributed by atoms with Crippen molar-refractivity contribution in [3.63, 3.8) is 0 Å². The molecule has 1 amide bonds. The number of anilines is 1.